The molecule has 1 aromatic carbocycles. The molecule has 2 heteroatoms. The highest BCUT2D eigenvalue weighted by Gasteiger charge is 2.11. The van der Waals surface area contributed by atoms with Gasteiger partial charge >= 0.3 is 0 Å². The van der Waals surface area contributed by atoms with Crippen molar-refractivity contribution >= 4 is 0 Å². The summed E-state index contributed by atoms with van der Waals surface area (Å²) in [7, 11) is 0. The molecule has 0 aliphatic heterocycles. The second-order valence-corrected chi connectivity index (χ2v) is 2.10. The topological polar surface area (TPSA) is 35.0 Å². The summed E-state index contributed by atoms with van der Waals surface area (Å²) >= 11 is 0. The Hall–Kier alpha value is -0.890. The van der Waals surface area contributed by atoms with Crippen LogP contribution in [-0.4, -0.2) is 0 Å². The average Bonchev–Trinajstić information content (AvgIpc) is 1.62. The van der Waals surface area contributed by atoms with E-state index in [2.05, 4.69) is 0 Å². The Morgan fingerprint density at radius 1 is 1.33 bits per heavy atom. The maximum absolute atomic E-state index is 12.4. The van der Waals surface area contributed by atoms with Gasteiger partial charge in [0.25, 0.3) is 0 Å². The van der Waals surface area contributed by atoms with Crippen LogP contribution in [-0.2, 0) is 6.42 Å². The van der Waals surface area contributed by atoms with Gasteiger partial charge in [-0.25, -0.2) is 4.39 Å². The lowest BCUT2D eigenvalue weighted by Gasteiger charge is -2.13. The minimum absolute atomic E-state index is 0. The molecule has 2 aliphatic carbocycles. The Balaban J connectivity index is 0.000000405. The van der Waals surface area contributed by atoms with Gasteiger partial charge in [-0.3, -0.25) is 0 Å². The number of hydrogen-bond donors (Lipinski definition) is 1. The predicted molar refractivity (Wildman–Crippen MR) is 34.2 cm³/mol. The molecule has 1 nitrogen and oxygen atoms in total. The summed E-state index contributed by atoms with van der Waals surface area (Å²) in [5.74, 6) is -0.0556. The molecular weight excluding hydrogens is 117 g/mol. The molecule has 0 radical (unpaired) electrons. The highest BCUT2D eigenvalue weighted by molar-refractivity contribution is 5.38. The molecule has 0 saturated carbocycles. The minimum Gasteiger partial charge on any atom is -0.344 e. The molecule has 0 atom stereocenters. The summed E-state index contributed by atoms with van der Waals surface area (Å²) in [4.78, 5) is 0. The van der Waals surface area contributed by atoms with E-state index < -0.39 is 0 Å². The lowest BCUT2D eigenvalue weighted by atomic mass is 9.93. The van der Waals surface area contributed by atoms with Crippen molar-refractivity contribution in [2.24, 2.45) is 0 Å². The maximum Gasteiger partial charge on any atom is 0.126 e. The van der Waals surface area contributed by atoms with E-state index >= 15 is 0 Å². The van der Waals surface area contributed by atoms with Gasteiger partial charge in [0.15, 0.2) is 0 Å². The molecule has 3 rings (SSSR count). The number of hydrogen-bond acceptors (Lipinski definition) is 1. The Kier molecular flexibility index (Phi) is 1.25. The monoisotopic (exact) mass is 125 g/mol. The highest BCUT2D eigenvalue weighted by atomic mass is 19.1. The summed E-state index contributed by atoms with van der Waals surface area (Å²) in [6, 6.07) is 5.23. The molecular formula is C7H8FN. The molecule has 0 unspecified atom stereocenters. The number of rotatable bonds is 0. The minimum atomic E-state index is -0.0556. The molecule has 9 heavy (non-hydrogen) atoms. The lowest BCUT2D eigenvalue weighted by Crippen LogP contribution is -2.02. The third kappa shape index (κ3) is 0.715. The third-order valence-electron chi connectivity index (χ3n) is 1.50. The van der Waals surface area contributed by atoms with Gasteiger partial charge in [-0.15, -0.1) is 0 Å². The normalized spacial score (nSPS) is 11.7. The molecule has 0 aromatic heterocycles. The molecule has 0 saturated heterocycles. The van der Waals surface area contributed by atoms with E-state index in [1.807, 2.05) is 12.1 Å². The van der Waals surface area contributed by atoms with Crippen molar-refractivity contribution in [2.75, 3.05) is 0 Å². The van der Waals surface area contributed by atoms with E-state index in [0.717, 1.165) is 12.0 Å². The van der Waals surface area contributed by atoms with Crippen LogP contribution in [0.1, 0.15) is 11.1 Å². The van der Waals surface area contributed by atoms with Crippen LogP contribution < -0.4 is 6.15 Å². The highest BCUT2D eigenvalue weighted by Crippen LogP contribution is 2.23. The van der Waals surface area contributed by atoms with E-state index in [1.165, 1.54) is 11.6 Å². The molecule has 0 heterocycles. The smallest absolute Gasteiger partial charge is 0.126 e. The van der Waals surface area contributed by atoms with Crippen LogP contribution in [0.25, 0.3) is 0 Å². The summed E-state index contributed by atoms with van der Waals surface area (Å²) in [6.07, 6.45) is 0.850. The Labute approximate surface area is 53.1 Å². The van der Waals surface area contributed by atoms with Gasteiger partial charge in [-0.2, -0.15) is 0 Å². The number of benzene rings is 1. The van der Waals surface area contributed by atoms with Crippen molar-refractivity contribution in [3.8, 4) is 0 Å². The van der Waals surface area contributed by atoms with Gasteiger partial charge in [0.1, 0.15) is 5.82 Å². The van der Waals surface area contributed by atoms with Crippen LogP contribution in [0.4, 0.5) is 4.39 Å². The first kappa shape index (κ1) is 6.23. The molecule has 2 aliphatic rings. The van der Waals surface area contributed by atoms with E-state index in [1.54, 1.807) is 0 Å². The molecule has 0 amide bonds. The Morgan fingerprint density at radius 3 is 2.22 bits per heavy atom. The quantitative estimate of drug-likeness (QED) is 0.573. The van der Waals surface area contributed by atoms with Gasteiger partial charge in [0.05, 0.1) is 0 Å². The van der Waals surface area contributed by atoms with Crippen LogP contribution in [0.15, 0.2) is 18.2 Å². The zero-order chi connectivity index (χ0) is 5.56. The Morgan fingerprint density at radius 2 is 2.00 bits per heavy atom. The largest absolute Gasteiger partial charge is 0.344 e. The van der Waals surface area contributed by atoms with Crippen molar-refractivity contribution in [3.05, 3.63) is 35.1 Å². The summed E-state index contributed by atoms with van der Waals surface area (Å²) < 4.78 is 12.4. The summed E-state index contributed by atoms with van der Waals surface area (Å²) in [6.45, 7) is 0. The van der Waals surface area contributed by atoms with Gasteiger partial charge in [0, 0.05) is 6.42 Å². The summed E-state index contributed by atoms with van der Waals surface area (Å²) in [5, 5.41) is 0. The first-order chi connectivity index (χ1) is 3.86. The summed E-state index contributed by atoms with van der Waals surface area (Å²) in [5.41, 5.74) is 2.11. The van der Waals surface area contributed by atoms with E-state index in [9.17, 15) is 4.39 Å². The van der Waals surface area contributed by atoms with Crippen LogP contribution in [0.2, 0.25) is 0 Å². The fourth-order valence-corrected chi connectivity index (χ4v) is 0.962. The van der Waals surface area contributed by atoms with Crippen LogP contribution >= 0.6 is 0 Å². The van der Waals surface area contributed by atoms with Crippen molar-refractivity contribution in [1.29, 1.82) is 0 Å². The van der Waals surface area contributed by atoms with Crippen molar-refractivity contribution in [1.82, 2.24) is 6.15 Å². The second-order valence-electron chi connectivity index (χ2n) is 2.10. The molecule has 0 spiro atoms. The predicted octanol–water partition coefficient (Wildman–Crippen LogP) is 1.89. The molecule has 2 bridgehead atoms. The maximum atomic E-state index is 12.4. The van der Waals surface area contributed by atoms with Gasteiger partial charge in [0.2, 0.25) is 0 Å². The van der Waals surface area contributed by atoms with Crippen molar-refractivity contribution in [2.45, 2.75) is 6.42 Å². The zero-order valence-electron chi connectivity index (χ0n) is 5.02. The van der Waals surface area contributed by atoms with Crippen LogP contribution in [0.3, 0.4) is 0 Å². The molecule has 3 N–H and O–H groups in total. The standard InChI is InChI=1S/C7H5F.H3N/c8-7-2-1-5-3-6(7)4-5;/h1-3H,4H2;1H3. The average molecular weight is 125 g/mol. The number of fused-ring (bicyclic) bond motifs is 2. The molecule has 48 valence electrons. The molecule has 0 fully saturated rings. The van der Waals surface area contributed by atoms with Crippen molar-refractivity contribution in [3.63, 3.8) is 0 Å². The van der Waals surface area contributed by atoms with Crippen LogP contribution in [0.5, 0.6) is 0 Å². The van der Waals surface area contributed by atoms with Crippen molar-refractivity contribution < 1.29 is 4.39 Å². The van der Waals surface area contributed by atoms with Crippen LogP contribution in [0, 0.1) is 5.82 Å². The van der Waals surface area contributed by atoms with E-state index in [4.69, 9.17) is 0 Å². The fourth-order valence-electron chi connectivity index (χ4n) is 0.962. The zero-order valence-corrected chi connectivity index (χ0v) is 5.02. The second kappa shape index (κ2) is 1.81. The van der Waals surface area contributed by atoms with Gasteiger partial charge < -0.3 is 6.15 Å². The first-order valence-electron chi connectivity index (χ1n) is 2.63. The Bertz CT molecular complexity index is 223. The first-order valence-corrected chi connectivity index (χ1v) is 2.63. The SMILES string of the molecule is Fc1ccc2cc1C2.N. The van der Waals surface area contributed by atoms with Gasteiger partial charge in [-0.1, -0.05) is 12.1 Å². The van der Waals surface area contributed by atoms with E-state index in [0.29, 0.717) is 0 Å². The third-order valence-corrected chi connectivity index (χ3v) is 1.50. The lowest BCUT2D eigenvalue weighted by molar-refractivity contribution is 0.605. The van der Waals surface area contributed by atoms with E-state index in [-0.39, 0.29) is 12.0 Å². The number of halogens is 1. The van der Waals surface area contributed by atoms with Gasteiger partial charge in [-0.05, 0) is 17.2 Å². The fraction of sp³-hybridized carbons (Fsp3) is 0.143. The molecule has 1 aromatic rings.